The predicted octanol–water partition coefficient (Wildman–Crippen LogP) is 2.34. The quantitative estimate of drug-likeness (QED) is 0.485. The van der Waals surface area contributed by atoms with Gasteiger partial charge in [0.25, 0.3) is 11.6 Å². The molecule has 4 heterocycles. The number of fused-ring (bicyclic) bond motifs is 1. The topological polar surface area (TPSA) is 112 Å². The van der Waals surface area contributed by atoms with Gasteiger partial charge in [0, 0.05) is 56.0 Å². The maximum Gasteiger partial charge on any atom is 0.294 e. The number of piperidine rings is 1. The van der Waals surface area contributed by atoms with Gasteiger partial charge in [-0.3, -0.25) is 14.9 Å². The SMILES string of the molecule is O=C(c1ccc(-n2ccnc2)c([N+](=O)[O-])c1)N1CCC[C@@H](c2nnc3n2CCC3)C1. The van der Waals surface area contributed by atoms with Gasteiger partial charge < -0.3 is 14.0 Å². The molecule has 2 aliphatic heterocycles. The van der Waals surface area contributed by atoms with Crippen LogP contribution >= 0.6 is 0 Å². The van der Waals surface area contributed by atoms with Crippen LogP contribution in [0.4, 0.5) is 5.69 Å². The van der Waals surface area contributed by atoms with Crippen LogP contribution in [0.1, 0.15) is 47.2 Å². The number of nitro benzene ring substituents is 1. The van der Waals surface area contributed by atoms with Crippen molar-refractivity contribution in [3.63, 3.8) is 0 Å². The zero-order valence-electron chi connectivity index (χ0n) is 16.3. The van der Waals surface area contributed by atoms with E-state index < -0.39 is 4.92 Å². The van der Waals surface area contributed by atoms with Crippen molar-refractivity contribution in [2.75, 3.05) is 13.1 Å². The fourth-order valence-electron chi connectivity index (χ4n) is 4.45. The molecule has 2 aliphatic rings. The number of hydrogen-bond acceptors (Lipinski definition) is 6. The van der Waals surface area contributed by atoms with Crippen LogP contribution in [0.15, 0.2) is 36.9 Å². The Labute approximate surface area is 172 Å². The van der Waals surface area contributed by atoms with E-state index in [2.05, 4.69) is 19.7 Å². The predicted molar refractivity (Wildman–Crippen MR) is 106 cm³/mol. The number of amides is 1. The van der Waals surface area contributed by atoms with E-state index in [1.807, 2.05) is 0 Å². The summed E-state index contributed by atoms with van der Waals surface area (Å²) in [5.74, 6) is 1.93. The summed E-state index contributed by atoms with van der Waals surface area (Å²) in [5, 5.41) is 20.3. The lowest BCUT2D eigenvalue weighted by atomic mass is 9.96. The molecule has 0 bridgehead atoms. The Morgan fingerprint density at radius 1 is 1.20 bits per heavy atom. The third kappa shape index (κ3) is 3.14. The van der Waals surface area contributed by atoms with Gasteiger partial charge in [-0.2, -0.15) is 0 Å². The second kappa shape index (κ2) is 7.36. The van der Waals surface area contributed by atoms with Crippen LogP contribution in [0.25, 0.3) is 5.69 Å². The third-order valence-electron chi connectivity index (χ3n) is 5.91. The minimum atomic E-state index is -0.468. The minimum Gasteiger partial charge on any atom is -0.338 e. The molecule has 3 aromatic rings. The first-order valence-corrected chi connectivity index (χ1v) is 10.1. The number of aryl methyl sites for hydroxylation is 1. The van der Waals surface area contributed by atoms with Crippen molar-refractivity contribution < 1.29 is 9.72 Å². The summed E-state index contributed by atoms with van der Waals surface area (Å²) in [6, 6.07) is 4.60. The van der Waals surface area contributed by atoms with Gasteiger partial charge in [0.2, 0.25) is 0 Å². The summed E-state index contributed by atoms with van der Waals surface area (Å²) < 4.78 is 3.75. The number of benzene rings is 1. The van der Waals surface area contributed by atoms with Crippen molar-refractivity contribution in [3.05, 3.63) is 64.2 Å². The highest BCUT2D eigenvalue weighted by Gasteiger charge is 2.31. The number of carbonyl (C=O) groups is 1. The first-order chi connectivity index (χ1) is 14.6. The van der Waals surface area contributed by atoms with Gasteiger partial charge in [-0.25, -0.2) is 4.98 Å². The molecular weight excluding hydrogens is 386 g/mol. The maximum absolute atomic E-state index is 13.2. The zero-order valence-corrected chi connectivity index (χ0v) is 16.3. The van der Waals surface area contributed by atoms with Crippen molar-refractivity contribution in [1.82, 2.24) is 29.2 Å². The fourth-order valence-corrected chi connectivity index (χ4v) is 4.45. The Morgan fingerprint density at radius 2 is 2.10 bits per heavy atom. The van der Waals surface area contributed by atoms with Crippen LogP contribution in [0.2, 0.25) is 0 Å². The number of nitrogens with zero attached hydrogens (tertiary/aromatic N) is 7. The van der Waals surface area contributed by atoms with Gasteiger partial charge in [-0.15, -0.1) is 10.2 Å². The molecule has 0 saturated carbocycles. The number of hydrogen-bond donors (Lipinski definition) is 0. The zero-order chi connectivity index (χ0) is 20.7. The Balaban J connectivity index is 1.40. The Hall–Kier alpha value is -3.56. The average Bonchev–Trinajstić information content (AvgIpc) is 3.51. The summed E-state index contributed by atoms with van der Waals surface area (Å²) in [6.07, 6.45) is 8.55. The summed E-state index contributed by atoms with van der Waals surface area (Å²) in [4.78, 5) is 30.0. The van der Waals surface area contributed by atoms with E-state index in [-0.39, 0.29) is 17.5 Å². The van der Waals surface area contributed by atoms with Crippen molar-refractivity contribution in [3.8, 4) is 5.69 Å². The molecule has 1 aromatic carbocycles. The molecule has 10 heteroatoms. The molecule has 1 fully saturated rings. The molecule has 0 aliphatic carbocycles. The van der Waals surface area contributed by atoms with E-state index >= 15 is 0 Å². The third-order valence-corrected chi connectivity index (χ3v) is 5.91. The molecule has 1 atom stereocenters. The number of likely N-dealkylation sites (tertiary alicyclic amines) is 1. The van der Waals surface area contributed by atoms with E-state index in [9.17, 15) is 14.9 Å². The molecule has 2 aromatic heterocycles. The van der Waals surface area contributed by atoms with Crippen LogP contribution in [0, 0.1) is 10.1 Å². The highest BCUT2D eigenvalue weighted by molar-refractivity contribution is 5.95. The molecule has 10 nitrogen and oxygen atoms in total. The molecule has 0 radical (unpaired) electrons. The minimum absolute atomic E-state index is 0.123. The second-order valence-electron chi connectivity index (χ2n) is 7.75. The van der Waals surface area contributed by atoms with E-state index in [0.29, 0.717) is 24.3 Å². The van der Waals surface area contributed by atoms with Crippen molar-refractivity contribution >= 4 is 11.6 Å². The van der Waals surface area contributed by atoms with E-state index in [0.717, 1.165) is 43.9 Å². The van der Waals surface area contributed by atoms with Gasteiger partial charge in [-0.1, -0.05) is 0 Å². The number of rotatable bonds is 4. The van der Waals surface area contributed by atoms with Crippen molar-refractivity contribution in [1.29, 1.82) is 0 Å². The van der Waals surface area contributed by atoms with E-state index in [1.165, 1.54) is 12.4 Å². The molecular formula is C20H21N7O3. The molecule has 30 heavy (non-hydrogen) atoms. The number of aromatic nitrogens is 5. The average molecular weight is 407 g/mol. The molecule has 154 valence electrons. The summed E-state index contributed by atoms with van der Waals surface area (Å²) in [7, 11) is 0. The Kier molecular flexibility index (Phi) is 4.53. The van der Waals surface area contributed by atoms with Crippen molar-refractivity contribution in [2.45, 2.75) is 38.1 Å². The first kappa shape index (κ1) is 18.5. The van der Waals surface area contributed by atoms with Crippen LogP contribution in [-0.2, 0) is 13.0 Å². The Morgan fingerprint density at radius 3 is 2.90 bits per heavy atom. The van der Waals surface area contributed by atoms with Gasteiger partial charge in [0.15, 0.2) is 0 Å². The maximum atomic E-state index is 13.2. The molecule has 1 amide bonds. The second-order valence-corrected chi connectivity index (χ2v) is 7.75. The lowest BCUT2D eigenvalue weighted by Crippen LogP contribution is -2.39. The largest absolute Gasteiger partial charge is 0.338 e. The lowest BCUT2D eigenvalue weighted by Gasteiger charge is -2.32. The van der Waals surface area contributed by atoms with Crippen LogP contribution < -0.4 is 0 Å². The number of carbonyl (C=O) groups excluding carboxylic acids is 1. The van der Waals surface area contributed by atoms with E-state index in [1.54, 1.807) is 34.0 Å². The first-order valence-electron chi connectivity index (χ1n) is 10.1. The summed E-state index contributed by atoms with van der Waals surface area (Å²) >= 11 is 0. The normalized spacial score (nSPS) is 18.4. The molecule has 5 rings (SSSR count). The molecule has 0 spiro atoms. The Bertz CT molecular complexity index is 1110. The summed E-state index contributed by atoms with van der Waals surface area (Å²) in [6.45, 7) is 2.12. The highest BCUT2D eigenvalue weighted by Crippen LogP contribution is 2.30. The number of nitro groups is 1. The van der Waals surface area contributed by atoms with Crippen LogP contribution in [0.3, 0.4) is 0 Å². The van der Waals surface area contributed by atoms with E-state index in [4.69, 9.17) is 0 Å². The van der Waals surface area contributed by atoms with Gasteiger partial charge in [0.05, 0.1) is 11.3 Å². The van der Waals surface area contributed by atoms with Crippen molar-refractivity contribution in [2.24, 2.45) is 0 Å². The molecule has 0 unspecified atom stereocenters. The lowest BCUT2D eigenvalue weighted by molar-refractivity contribution is -0.384. The number of imidazole rings is 1. The molecule has 1 saturated heterocycles. The summed E-state index contributed by atoms with van der Waals surface area (Å²) in [5.41, 5.74) is 0.574. The van der Waals surface area contributed by atoms with Gasteiger partial charge in [-0.05, 0) is 31.4 Å². The van der Waals surface area contributed by atoms with Crippen LogP contribution in [0.5, 0.6) is 0 Å². The molecule has 0 N–H and O–H groups in total. The fraction of sp³-hybridized carbons (Fsp3) is 0.400. The van der Waals surface area contributed by atoms with Gasteiger partial charge in [0.1, 0.15) is 17.3 Å². The smallest absolute Gasteiger partial charge is 0.294 e. The van der Waals surface area contributed by atoms with Gasteiger partial charge >= 0.3 is 0 Å². The monoisotopic (exact) mass is 407 g/mol. The standard InChI is InChI=1S/C20H21N7O3/c28-20(14-5-6-16(17(11-14)27(29)30)25-10-7-21-13-25)24-8-1-3-15(12-24)19-23-22-18-4-2-9-26(18)19/h5-7,10-11,13,15H,1-4,8-9,12H2/t15-/m1/s1. The van der Waals surface area contributed by atoms with Crippen LogP contribution in [-0.4, -0.2) is 53.1 Å². The highest BCUT2D eigenvalue weighted by atomic mass is 16.6.